The van der Waals surface area contributed by atoms with Gasteiger partial charge in [-0.25, -0.2) is 0 Å². The van der Waals surface area contributed by atoms with Crippen molar-refractivity contribution >= 4 is 162 Å². The van der Waals surface area contributed by atoms with Gasteiger partial charge in [0.25, 0.3) is 0 Å². The van der Waals surface area contributed by atoms with Crippen LogP contribution < -0.4 is 51.6 Å². The molecule has 0 fully saturated rings. The van der Waals surface area contributed by atoms with Crippen molar-refractivity contribution < 1.29 is 89.1 Å². The number of rotatable bonds is 27. The molecule has 730 valence electrons. The number of para-hydroxylation sites is 3. The van der Waals surface area contributed by atoms with Crippen molar-refractivity contribution in [3.8, 4) is 0 Å². The first-order chi connectivity index (χ1) is 67.4. The van der Waals surface area contributed by atoms with Crippen molar-refractivity contribution in [3.05, 3.63) is 371 Å². The number of carbonyl (C=O) groups is 9. The first-order valence-corrected chi connectivity index (χ1v) is 45.7. The molecule has 13 aromatic carbocycles. The topological polar surface area (TPSA) is 622 Å². The number of hydrogen-bond acceptors (Lipinski definition) is 19. The van der Waals surface area contributed by atoms with Crippen LogP contribution in [0.1, 0.15) is 55.6 Å². The van der Waals surface area contributed by atoms with E-state index >= 15 is 0 Å². The number of aromatic amines is 3. The second kappa shape index (κ2) is 51.9. The summed E-state index contributed by atoms with van der Waals surface area (Å²) >= 11 is 1.62. The molecule has 0 bridgehead atoms. The summed E-state index contributed by atoms with van der Waals surface area (Å²) in [7, 11) is 1.94. The number of nitrogens with one attached hydrogen (secondary N) is 3. The van der Waals surface area contributed by atoms with Crippen LogP contribution in [0.5, 0.6) is 0 Å². The van der Waals surface area contributed by atoms with Crippen LogP contribution in [0.4, 0.5) is 0 Å². The molecule has 18 aromatic rings. The van der Waals surface area contributed by atoms with Gasteiger partial charge in [0.2, 0.25) is 0 Å². The summed E-state index contributed by atoms with van der Waals surface area (Å²) in [5.41, 5.74) is 63.6. The summed E-state index contributed by atoms with van der Waals surface area (Å²) in [4.78, 5) is 105. The summed E-state index contributed by atoms with van der Waals surface area (Å²) in [6.45, 7) is 2.01. The number of thiophene rings is 1. The lowest BCUT2D eigenvalue weighted by molar-refractivity contribution is -0.139. The predicted octanol–water partition coefficient (Wildman–Crippen LogP) is 13.8. The fourth-order valence-corrected chi connectivity index (χ4v) is 16.4. The van der Waals surface area contributed by atoms with Crippen molar-refractivity contribution in [2.75, 3.05) is 0 Å². The van der Waals surface area contributed by atoms with Crippen molar-refractivity contribution in [1.82, 2.24) is 19.5 Å². The summed E-state index contributed by atoms with van der Waals surface area (Å²) in [6, 6.07) is 85.1. The Labute approximate surface area is 814 Å². The third-order valence-electron chi connectivity index (χ3n) is 23.0. The average molecular weight is 1930 g/mol. The maximum absolute atomic E-state index is 10.7. The molecule has 5 aromatic heterocycles. The Bertz CT molecular complexity index is 6920. The molecule has 0 spiro atoms. The quantitative estimate of drug-likeness (QED) is 0.0227. The summed E-state index contributed by atoms with van der Waals surface area (Å²) < 4.78 is 3.16. The molecule has 3 unspecified atom stereocenters. The number of carboxylic acids is 9. The Balaban J connectivity index is 0.000000163. The highest BCUT2D eigenvalue weighted by atomic mass is 32.1. The lowest BCUT2D eigenvalue weighted by atomic mass is 9.99. The Morgan fingerprint density at radius 1 is 0.262 bits per heavy atom. The zero-order chi connectivity index (χ0) is 102. The molecule has 0 saturated carbocycles. The lowest BCUT2D eigenvalue weighted by Crippen LogP contribution is -2.32. The standard InChI is InChI=1S/4C13H13NO2.2C12H14N2O2.2C11H12N2O2.C11H11NO2S/c2*14-12(13(15)16)8-10-6-3-5-9-4-1-2-7-11(9)10;2*14-12(13(15)16)8-9-5-6-10-3-1-2-4-11(10)7-9;1-7-2-3-11-9(4-7)8(6-14-11)5-10(13)12(15)16;1-14-7-8(6-10(13)12(15)16)9-4-2-3-5-11(9)14;2*12-9(11(14)15)5-7-6-13-10-4-2-1-3-8(7)10;12-9(11(13)14)5-7-6-15-10-4-2-1-3-8(7)10/h4*1-7,12H,8,14H2,(H,15,16);2-4,6,10,14H,5,13H2,1H3,(H,15,16);2-5,7,10H,6,13H2,1H3,(H,15,16);2*1-4,6,9,13H,5,12H2,(H,14,15);1-4,6,9H,5,12H2,(H,13,14)/t12-;;2*12-;;;3*9-/m0.10..100/s1. The molecule has 18 rings (SSSR count). The summed E-state index contributed by atoms with van der Waals surface area (Å²) in [5, 5.41) is 94.9. The number of carboxylic acid groups (broad SMARTS) is 9. The fourth-order valence-electron chi connectivity index (χ4n) is 15.5. The first kappa shape index (κ1) is 107. The minimum absolute atomic E-state index is 0.346. The average Bonchev–Trinajstić information content (AvgIpc) is 1.01. The molecule has 0 aliphatic rings. The molecule has 5 heterocycles. The van der Waals surface area contributed by atoms with E-state index in [0.717, 1.165) is 148 Å². The molecule has 0 radical (unpaired) electrons. The second-order valence-corrected chi connectivity index (χ2v) is 34.5. The van der Waals surface area contributed by atoms with Crippen LogP contribution in [-0.4, -0.2) is 174 Å². The Morgan fingerprint density at radius 3 is 0.950 bits per heavy atom. The van der Waals surface area contributed by atoms with Crippen molar-refractivity contribution in [2.24, 2.45) is 58.7 Å². The van der Waals surface area contributed by atoms with E-state index in [-0.39, 0.29) is 0 Å². The minimum Gasteiger partial charge on any atom is -0.480 e. The van der Waals surface area contributed by atoms with E-state index in [1.807, 2.05) is 334 Å². The van der Waals surface area contributed by atoms with E-state index in [1.54, 1.807) is 11.3 Å². The Kier molecular flexibility index (Phi) is 39.4. The number of benzene rings is 13. The highest BCUT2D eigenvalue weighted by Gasteiger charge is 2.23. The van der Waals surface area contributed by atoms with Crippen LogP contribution in [0.2, 0.25) is 0 Å². The summed E-state index contributed by atoms with van der Waals surface area (Å²) in [6.07, 6.45) is 10.6. The molecule has 30 N–H and O–H groups in total. The molecule has 0 saturated heterocycles. The molecule has 0 amide bonds. The van der Waals surface area contributed by atoms with Crippen LogP contribution >= 0.6 is 11.3 Å². The van der Waals surface area contributed by atoms with E-state index < -0.39 is 108 Å². The van der Waals surface area contributed by atoms with E-state index in [1.165, 1.54) is 4.70 Å². The van der Waals surface area contributed by atoms with Gasteiger partial charge in [0.1, 0.15) is 54.4 Å². The monoisotopic (exact) mass is 1930 g/mol. The number of nitrogens with two attached hydrogens (primary N) is 9. The maximum Gasteiger partial charge on any atom is 0.320 e. The lowest BCUT2D eigenvalue weighted by Gasteiger charge is -2.09. The molecule has 31 nitrogen and oxygen atoms in total. The molecular formula is C109H115N13O18S. The van der Waals surface area contributed by atoms with Gasteiger partial charge in [-0.3, -0.25) is 43.2 Å². The molecule has 0 aliphatic heterocycles. The zero-order valence-electron chi connectivity index (χ0n) is 77.3. The largest absolute Gasteiger partial charge is 0.480 e. The second-order valence-electron chi connectivity index (χ2n) is 33.6. The summed E-state index contributed by atoms with van der Waals surface area (Å²) in [5.74, 6) is -8.69. The maximum atomic E-state index is 10.7. The van der Waals surface area contributed by atoms with Gasteiger partial charge < -0.3 is 117 Å². The van der Waals surface area contributed by atoms with Gasteiger partial charge in [-0.1, -0.05) is 254 Å². The Morgan fingerprint density at radius 2 is 0.553 bits per heavy atom. The van der Waals surface area contributed by atoms with E-state index in [0.29, 0.717) is 57.8 Å². The number of nitrogens with zero attached hydrogens (tertiary/aromatic N) is 1. The normalized spacial score (nSPS) is 12.7. The van der Waals surface area contributed by atoms with Crippen LogP contribution in [0, 0.1) is 6.92 Å². The van der Waals surface area contributed by atoms with Crippen LogP contribution in [0.3, 0.4) is 0 Å². The molecule has 32 heteroatoms. The first-order valence-electron chi connectivity index (χ1n) is 44.8. The van der Waals surface area contributed by atoms with Gasteiger partial charge in [0.15, 0.2) is 0 Å². The van der Waals surface area contributed by atoms with E-state index in [4.69, 9.17) is 97.6 Å². The smallest absolute Gasteiger partial charge is 0.320 e. The van der Waals surface area contributed by atoms with Gasteiger partial charge in [0.05, 0.1) is 0 Å². The number of hydrogen-bond donors (Lipinski definition) is 21. The van der Waals surface area contributed by atoms with Gasteiger partial charge in [-0.2, -0.15) is 0 Å². The molecule has 141 heavy (non-hydrogen) atoms. The van der Waals surface area contributed by atoms with Crippen LogP contribution in [0.25, 0.3) is 96.8 Å². The third-order valence-corrected chi connectivity index (χ3v) is 24.1. The van der Waals surface area contributed by atoms with Crippen molar-refractivity contribution in [2.45, 2.75) is 119 Å². The SMILES string of the molecule is Cc1ccc2[nH]cc(CC(N)C(=O)O)c2c1.Cn1cc(CC(N)C(=O)O)c2ccccc21.NC(Cc1cccc2ccccc12)C(=O)O.N[C@@H](Cc1c[nH]c2ccccc12)C(=O)O.N[C@@H](Cc1ccc2ccccc2c1)C(=O)O.N[C@@H](Cc1cccc2ccccc12)C(=O)O.N[C@@H](Cc1csc2ccccc12)C(=O)O.N[C@H](Cc1c[nH]c2ccccc12)C(=O)O.N[C@H](Cc1ccc2ccccc2c1)C(=O)O. The molecular weight excluding hydrogens is 1810 g/mol. The van der Waals surface area contributed by atoms with Gasteiger partial charge in [0, 0.05) is 106 Å². The number of aliphatic carboxylic acids is 9. The molecule has 0 aliphatic carbocycles. The highest BCUT2D eigenvalue weighted by Crippen LogP contribution is 2.30. The van der Waals surface area contributed by atoms with E-state index in [9.17, 15) is 43.2 Å². The van der Waals surface area contributed by atoms with Gasteiger partial charge >= 0.3 is 53.7 Å². The van der Waals surface area contributed by atoms with Gasteiger partial charge in [-0.05, 0) is 179 Å². The highest BCUT2D eigenvalue weighted by molar-refractivity contribution is 7.17. The number of fused-ring (bicyclic) bond motifs is 9. The fraction of sp³-hybridized carbons (Fsp3) is 0.183. The minimum atomic E-state index is -0.972. The third kappa shape index (κ3) is 31.2. The van der Waals surface area contributed by atoms with Crippen LogP contribution in [0.15, 0.2) is 315 Å². The van der Waals surface area contributed by atoms with E-state index in [2.05, 4.69) is 15.0 Å². The number of H-pyrrole nitrogens is 3. The predicted molar refractivity (Wildman–Crippen MR) is 554 cm³/mol. The number of aromatic nitrogens is 4. The van der Waals surface area contributed by atoms with Crippen molar-refractivity contribution in [3.63, 3.8) is 0 Å². The Hall–Kier alpha value is -16.1. The zero-order valence-corrected chi connectivity index (χ0v) is 78.1. The molecule has 9 atom stereocenters. The van der Waals surface area contributed by atoms with Gasteiger partial charge in [-0.15, -0.1) is 11.3 Å². The number of aryl methyl sites for hydroxylation is 2. The van der Waals surface area contributed by atoms with Crippen molar-refractivity contribution in [1.29, 1.82) is 0 Å². The van der Waals surface area contributed by atoms with Crippen LogP contribution in [-0.2, 0) is 108 Å².